The third-order valence-corrected chi connectivity index (χ3v) is 4.02. The number of ether oxygens (including phenoxy) is 1. The molecule has 15 heavy (non-hydrogen) atoms. The maximum absolute atomic E-state index is 5.50. The first kappa shape index (κ1) is 11.0. The van der Waals surface area contributed by atoms with Crippen LogP contribution in [0, 0.1) is 5.92 Å². The van der Waals surface area contributed by atoms with Crippen molar-refractivity contribution >= 4 is 0 Å². The first-order valence-electron chi connectivity index (χ1n) is 6.13. The molecule has 2 bridgehead atoms. The molecule has 0 aromatic rings. The average molecular weight is 209 g/mol. The Balaban J connectivity index is 2.07. The molecule has 0 aliphatic carbocycles. The summed E-state index contributed by atoms with van der Waals surface area (Å²) in [5.74, 6) is 0.576. The van der Waals surface area contributed by atoms with Crippen molar-refractivity contribution in [1.82, 2.24) is 4.90 Å². The molecule has 2 heterocycles. The Kier molecular flexibility index (Phi) is 3.06. The molecular formula is C13H23NO. The molecule has 2 saturated heterocycles. The lowest BCUT2D eigenvalue weighted by atomic mass is 9.97. The normalized spacial score (nSPS) is 34.9. The Labute approximate surface area is 93.3 Å². The minimum Gasteiger partial charge on any atom is -0.381 e. The van der Waals surface area contributed by atoms with Gasteiger partial charge in [-0.3, -0.25) is 0 Å². The van der Waals surface area contributed by atoms with Crippen LogP contribution in [0.3, 0.4) is 0 Å². The molecule has 0 amide bonds. The predicted octanol–water partition coefficient (Wildman–Crippen LogP) is 2.80. The molecule has 0 aromatic heterocycles. The second-order valence-corrected chi connectivity index (χ2v) is 5.27. The van der Waals surface area contributed by atoms with Crippen molar-refractivity contribution in [3.05, 3.63) is 12.3 Å². The topological polar surface area (TPSA) is 12.5 Å². The number of rotatable bonds is 3. The van der Waals surface area contributed by atoms with Crippen LogP contribution in [0.5, 0.6) is 0 Å². The van der Waals surface area contributed by atoms with Crippen LogP contribution >= 0.6 is 0 Å². The van der Waals surface area contributed by atoms with Gasteiger partial charge in [-0.1, -0.05) is 20.4 Å². The SMILES string of the molecule is C=C(C(C)C)N1C2CCC1CC(OC)C2. The van der Waals surface area contributed by atoms with Crippen LogP contribution in [-0.4, -0.2) is 30.2 Å². The number of methoxy groups -OCH3 is 1. The van der Waals surface area contributed by atoms with Gasteiger partial charge in [-0.15, -0.1) is 0 Å². The molecule has 2 rings (SSSR count). The van der Waals surface area contributed by atoms with E-state index in [1.165, 1.54) is 31.4 Å². The fourth-order valence-electron chi connectivity index (χ4n) is 3.09. The Hall–Kier alpha value is -0.500. The molecule has 86 valence electrons. The number of fused-ring (bicyclic) bond motifs is 2. The minimum atomic E-state index is 0.485. The van der Waals surface area contributed by atoms with E-state index in [9.17, 15) is 0 Å². The van der Waals surface area contributed by atoms with Gasteiger partial charge in [0.25, 0.3) is 0 Å². The zero-order chi connectivity index (χ0) is 11.0. The molecule has 2 aliphatic rings. The van der Waals surface area contributed by atoms with E-state index in [1.807, 2.05) is 7.11 Å². The Morgan fingerprint density at radius 3 is 2.20 bits per heavy atom. The van der Waals surface area contributed by atoms with E-state index in [1.54, 1.807) is 0 Å². The molecule has 0 spiro atoms. The number of piperidine rings is 1. The summed E-state index contributed by atoms with van der Waals surface area (Å²) in [7, 11) is 1.84. The predicted molar refractivity (Wildman–Crippen MR) is 62.7 cm³/mol. The van der Waals surface area contributed by atoms with E-state index in [2.05, 4.69) is 25.3 Å². The van der Waals surface area contributed by atoms with Crippen molar-refractivity contribution in [3.8, 4) is 0 Å². The van der Waals surface area contributed by atoms with Crippen LogP contribution in [0.4, 0.5) is 0 Å². The maximum atomic E-state index is 5.50. The van der Waals surface area contributed by atoms with Crippen LogP contribution in [0.15, 0.2) is 12.3 Å². The lowest BCUT2D eigenvalue weighted by Crippen LogP contribution is -2.45. The van der Waals surface area contributed by atoms with Gasteiger partial charge in [-0.25, -0.2) is 0 Å². The van der Waals surface area contributed by atoms with Crippen molar-refractivity contribution in [2.75, 3.05) is 7.11 Å². The first-order valence-corrected chi connectivity index (χ1v) is 6.13. The lowest BCUT2D eigenvalue weighted by molar-refractivity contribution is 0.0163. The van der Waals surface area contributed by atoms with Crippen molar-refractivity contribution in [2.24, 2.45) is 5.92 Å². The second-order valence-electron chi connectivity index (χ2n) is 5.27. The highest BCUT2D eigenvalue weighted by Gasteiger charge is 2.41. The van der Waals surface area contributed by atoms with Crippen LogP contribution in [0.2, 0.25) is 0 Å². The summed E-state index contributed by atoms with van der Waals surface area (Å²) in [5, 5.41) is 0. The zero-order valence-electron chi connectivity index (χ0n) is 10.2. The van der Waals surface area contributed by atoms with E-state index < -0.39 is 0 Å². The molecule has 2 unspecified atom stereocenters. The molecule has 2 fully saturated rings. The smallest absolute Gasteiger partial charge is 0.0610 e. The van der Waals surface area contributed by atoms with E-state index >= 15 is 0 Å². The van der Waals surface area contributed by atoms with Crippen LogP contribution in [0.25, 0.3) is 0 Å². The highest BCUT2D eigenvalue weighted by Crippen LogP contribution is 2.40. The molecule has 0 saturated carbocycles. The molecular weight excluding hydrogens is 186 g/mol. The van der Waals surface area contributed by atoms with Gasteiger partial charge in [0.15, 0.2) is 0 Å². The van der Waals surface area contributed by atoms with E-state index in [4.69, 9.17) is 4.74 Å². The van der Waals surface area contributed by atoms with Crippen LogP contribution in [0.1, 0.15) is 39.5 Å². The fourth-order valence-corrected chi connectivity index (χ4v) is 3.09. The minimum absolute atomic E-state index is 0.485. The van der Waals surface area contributed by atoms with E-state index in [-0.39, 0.29) is 0 Å². The number of hydrogen-bond acceptors (Lipinski definition) is 2. The van der Waals surface area contributed by atoms with Gasteiger partial charge in [0.2, 0.25) is 0 Å². The Morgan fingerprint density at radius 1 is 1.27 bits per heavy atom. The number of hydrogen-bond donors (Lipinski definition) is 0. The highest BCUT2D eigenvalue weighted by molar-refractivity contribution is 5.09. The van der Waals surface area contributed by atoms with E-state index in [0.717, 1.165) is 0 Å². The largest absolute Gasteiger partial charge is 0.381 e. The lowest BCUT2D eigenvalue weighted by Gasteiger charge is -2.42. The third-order valence-electron chi connectivity index (χ3n) is 4.02. The average Bonchev–Trinajstić information content (AvgIpc) is 2.47. The van der Waals surface area contributed by atoms with Gasteiger partial charge >= 0.3 is 0 Å². The molecule has 2 atom stereocenters. The molecule has 0 aromatic carbocycles. The van der Waals surface area contributed by atoms with Crippen LogP contribution < -0.4 is 0 Å². The van der Waals surface area contributed by atoms with Gasteiger partial charge in [0, 0.05) is 24.9 Å². The van der Waals surface area contributed by atoms with E-state index in [0.29, 0.717) is 24.1 Å². The van der Waals surface area contributed by atoms with Crippen molar-refractivity contribution in [1.29, 1.82) is 0 Å². The Bertz CT molecular complexity index is 235. The second kappa shape index (κ2) is 4.17. The number of nitrogens with zero attached hydrogens (tertiary/aromatic N) is 1. The summed E-state index contributed by atoms with van der Waals surface area (Å²) < 4.78 is 5.50. The van der Waals surface area contributed by atoms with Crippen LogP contribution in [-0.2, 0) is 4.74 Å². The summed E-state index contributed by atoms with van der Waals surface area (Å²) in [6.07, 6.45) is 5.53. The van der Waals surface area contributed by atoms with Crippen molar-refractivity contribution in [3.63, 3.8) is 0 Å². The summed E-state index contributed by atoms with van der Waals surface area (Å²) in [5.41, 5.74) is 1.33. The van der Waals surface area contributed by atoms with Crippen molar-refractivity contribution < 1.29 is 4.74 Å². The monoisotopic (exact) mass is 209 g/mol. The maximum Gasteiger partial charge on any atom is 0.0610 e. The standard InChI is InChI=1S/C13H23NO/c1-9(2)10(3)14-11-5-6-12(14)8-13(7-11)15-4/h9,11-13H,3,5-8H2,1-2,4H3. The molecule has 2 aliphatic heterocycles. The van der Waals surface area contributed by atoms with Gasteiger partial charge in [-0.2, -0.15) is 0 Å². The Morgan fingerprint density at radius 2 is 1.80 bits per heavy atom. The fraction of sp³-hybridized carbons (Fsp3) is 0.846. The summed E-state index contributed by atoms with van der Waals surface area (Å²) in [6.45, 7) is 8.74. The van der Waals surface area contributed by atoms with Crippen molar-refractivity contribution in [2.45, 2.75) is 57.7 Å². The van der Waals surface area contributed by atoms with Gasteiger partial charge in [-0.05, 0) is 31.6 Å². The number of allylic oxidation sites excluding steroid dienone is 1. The first-order chi connectivity index (χ1) is 7.13. The van der Waals surface area contributed by atoms with Gasteiger partial charge in [0.1, 0.15) is 0 Å². The zero-order valence-corrected chi connectivity index (χ0v) is 10.2. The summed E-state index contributed by atoms with van der Waals surface area (Å²) >= 11 is 0. The highest BCUT2D eigenvalue weighted by atomic mass is 16.5. The summed E-state index contributed by atoms with van der Waals surface area (Å²) in [6, 6.07) is 1.40. The molecule has 0 N–H and O–H groups in total. The molecule has 0 radical (unpaired) electrons. The van der Waals surface area contributed by atoms with Gasteiger partial charge < -0.3 is 9.64 Å². The quantitative estimate of drug-likeness (QED) is 0.708. The third kappa shape index (κ3) is 1.92. The van der Waals surface area contributed by atoms with Gasteiger partial charge in [0.05, 0.1) is 6.10 Å². The molecule has 2 nitrogen and oxygen atoms in total. The molecule has 2 heteroatoms. The summed E-state index contributed by atoms with van der Waals surface area (Å²) in [4.78, 5) is 2.58.